The summed E-state index contributed by atoms with van der Waals surface area (Å²) < 4.78 is 5.29. The molecule has 0 aromatic carbocycles. The van der Waals surface area contributed by atoms with E-state index in [4.69, 9.17) is 4.52 Å². The topological polar surface area (TPSA) is 62.4 Å². The number of likely N-dealkylation sites (tertiary alicyclic amines) is 1. The van der Waals surface area contributed by atoms with Crippen LogP contribution in [-0.2, 0) is 6.42 Å². The van der Waals surface area contributed by atoms with E-state index in [2.05, 4.69) is 28.9 Å². The van der Waals surface area contributed by atoms with Crippen LogP contribution in [0.1, 0.15) is 50.9 Å². The molecule has 1 saturated heterocycles. The van der Waals surface area contributed by atoms with Crippen LogP contribution in [0.15, 0.2) is 4.52 Å². The van der Waals surface area contributed by atoms with Crippen molar-refractivity contribution in [3.05, 3.63) is 11.7 Å². The quantitative estimate of drug-likeness (QED) is 0.844. The normalized spacial score (nSPS) is 23.1. The second-order valence-electron chi connectivity index (χ2n) is 4.77. The van der Waals surface area contributed by atoms with Crippen LogP contribution >= 0.6 is 0 Å². The number of unbranched alkanes of at least 4 members (excludes halogenated alkanes) is 1. The average molecular weight is 239 g/mol. The first-order valence-corrected chi connectivity index (χ1v) is 6.45. The van der Waals surface area contributed by atoms with Gasteiger partial charge in [-0.05, 0) is 19.8 Å². The third kappa shape index (κ3) is 3.04. The zero-order valence-corrected chi connectivity index (χ0v) is 10.6. The highest BCUT2D eigenvalue weighted by Crippen LogP contribution is 2.23. The first-order chi connectivity index (χ1) is 8.20. The molecule has 1 aromatic rings. The summed E-state index contributed by atoms with van der Waals surface area (Å²) in [4.78, 5) is 6.60. The second kappa shape index (κ2) is 5.60. The van der Waals surface area contributed by atoms with Crippen molar-refractivity contribution >= 4 is 0 Å². The Morgan fingerprint density at radius 1 is 1.59 bits per heavy atom. The minimum absolute atomic E-state index is 0.107. The van der Waals surface area contributed by atoms with Crippen LogP contribution in [0.5, 0.6) is 0 Å². The summed E-state index contributed by atoms with van der Waals surface area (Å²) in [7, 11) is 0. The smallest absolute Gasteiger partial charge is 0.243 e. The number of aryl methyl sites for hydroxylation is 1. The van der Waals surface area contributed by atoms with Gasteiger partial charge in [0.1, 0.15) is 0 Å². The Morgan fingerprint density at radius 3 is 3.06 bits per heavy atom. The van der Waals surface area contributed by atoms with Crippen molar-refractivity contribution in [1.29, 1.82) is 0 Å². The Hall–Kier alpha value is -0.940. The lowest BCUT2D eigenvalue weighted by Crippen LogP contribution is -2.25. The highest BCUT2D eigenvalue weighted by atomic mass is 16.5. The molecule has 1 fully saturated rings. The fourth-order valence-electron chi connectivity index (χ4n) is 2.15. The molecule has 1 unspecified atom stereocenters. The summed E-state index contributed by atoms with van der Waals surface area (Å²) in [6, 6.07) is 0.107. The van der Waals surface area contributed by atoms with Gasteiger partial charge in [-0.1, -0.05) is 18.5 Å². The third-order valence-corrected chi connectivity index (χ3v) is 3.34. The zero-order chi connectivity index (χ0) is 12.3. The SMILES string of the molecule is CCCCc1noc(C(C)N2CC[C@H](O)C2)n1. The van der Waals surface area contributed by atoms with Crippen molar-refractivity contribution in [2.75, 3.05) is 13.1 Å². The van der Waals surface area contributed by atoms with Gasteiger partial charge in [-0.25, -0.2) is 0 Å². The van der Waals surface area contributed by atoms with Crippen LogP contribution in [-0.4, -0.2) is 39.3 Å². The molecule has 0 spiro atoms. The number of aromatic nitrogens is 2. The number of hydrogen-bond donors (Lipinski definition) is 1. The first-order valence-electron chi connectivity index (χ1n) is 6.45. The maximum absolute atomic E-state index is 9.51. The standard InChI is InChI=1S/C12H21N3O2/c1-3-4-5-11-13-12(17-14-11)9(2)15-7-6-10(16)8-15/h9-10,16H,3-8H2,1-2H3/t9?,10-/m0/s1. The van der Waals surface area contributed by atoms with Gasteiger partial charge in [0.2, 0.25) is 5.89 Å². The second-order valence-corrected chi connectivity index (χ2v) is 4.77. The molecule has 1 aliphatic heterocycles. The van der Waals surface area contributed by atoms with Crippen molar-refractivity contribution in [1.82, 2.24) is 15.0 Å². The molecule has 0 aliphatic carbocycles. The molecule has 2 heterocycles. The minimum atomic E-state index is -0.208. The number of aliphatic hydroxyl groups excluding tert-OH is 1. The molecule has 0 bridgehead atoms. The third-order valence-electron chi connectivity index (χ3n) is 3.34. The Balaban J connectivity index is 1.94. The number of rotatable bonds is 5. The lowest BCUT2D eigenvalue weighted by Gasteiger charge is -2.19. The largest absolute Gasteiger partial charge is 0.392 e. The zero-order valence-electron chi connectivity index (χ0n) is 10.6. The van der Waals surface area contributed by atoms with E-state index in [-0.39, 0.29) is 12.1 Å². The van der Waals surface area contributed by atoms with E-state index >= 15 is 0 Å². The fraction of sp³-hybridized carbons (Fsp3) is 0.833. The first kappa shape index (κ1) is 12.5. The average Bonchev–Trinajstić information content (AvgIpc) is 2.94. The van der Waals surface area contributed by atoms with Crippen LogP contribution in [0, 0.1) is 0 Å². The number of hydrogen-bond acceptors (Lipinski definition) is 5. The molecule has 0 saturated carbocycles. The highest BCUT2D eigenvalue weighted by molar-refractivity contribution is 4.94. The molecule has 96 valence electrons. The summed E-state index contributed by atoms with van der Waals surface area (Å²) >= 11 is 0. The summed E-state index contributed by atoms with van der Waals surface area (Å²) in [6.45, 7) is 5.80. The Bertz CT molecular complexity index is 353. The van der Waals surface area contributed by atoms with Crippen molar-refractivity contribution in [3.63, 3.8) is 0 Å². The van der Waals surface area contributed by atoms with Crippen LogP contribution in [0.4, 0.5) is 0 Å². The molecule has 1 aromatic heterocycles. The summed E-state index contributed by atoms with van der Waals surface area (Å²) in [5, 5.41) is 13.5. The van der Waals surface area contributed by atoms with Crippen LogP contribution in [0.3, 0.4) is 0 Å². The van der Waals surface area contributed by atoms with E-state index < -0.39 is 0 Å². The van der Waals surface area contributed by atoms with E-state index in [1.54, 1.807) is 0 Å². The molecule has 5 heteroatoms. The predicted octanol–water partition coefficient (Wildman–Crippen LogP) is 1.54. The minimum Gasteiger partial charge on any atom is -0.392 e. The molecule has 2 rings (SSSR count). The molecule has 0 amide bonds. The van der Waals surface area contributed by atoms with Gasteiger partial charge in [0, 0.05) is 19.5 Å². The van der Waals surface area contributed by atoms with Crippen molar-refractivity contribution in [3.8, 4) is 0 Å². The van der Waals surface area contributed by atoms with E-state index in [0.717, 1.165) is 38.1 Å². The van der Waals surface area contributed by atoms with Crippen molar-refractivity contribution < 1.29 is 9.63 Å². The lowest BCUT2D eigenvalue weighted by molar-refractivity contribution is 0.151. The van der Waals surface area contributed by atoms with Crippen LogP contribution < -0.4 is 0 Å². The summed E-state index contributed by atoms with van der Waals surface area (Å²) in [5.74, 6) is 1.47. The molecule has 1 N–H and O–H groups in total. The number of β-amino-alcohol motifs (C(OH)–C–C–N with tert-alkyl or cyclic N) is 1. The van der Waals surface area contributed by atoms with E-state index in [1.165, 1.54) is 0 Å². The molecule has 5 nitrogen and oxygen atoms in total. The summed E-state index contributed by atoms with van der Waals surface area (Å²) in [6.07, 6.45) is 3.74. The molecular weight excluding hydrogens is 218 g/mol. The molecule has 17 heavy (non-hydrogen) atoms. The van der Waals surface area contributed by atoms with E-state index in [0.29, 0.717) is 12.4 Å². The van der Waals surface area contributed by atoms with E-state index in [1.807, 2.05) is 0 Å². The highest BCUT2D eigenvalue weighted by Gasteiger charge is 2.28. The van der Waals surface area contributed by atoms with Crippen LogP contribution in [0.25, 0.3) is 0 Å². The maximum Gasteiger partial charge on any atom is 0.243 e. The molecule has 2 atom stereocenters. The number of nitrogens with zero attached hydrogens (tertiary/aromatic N) is 3. The van der Waals surface area contributed by atoms with Gasteiger partial charge in [-0.3, -0.25) is 4.90 Å². The predicted molar refractivity (Wildman–Crippen MR) is 63.5 cm³/mol. The Kier molecular flexibility index (Phi) is 4.12. The van der Waals surface area contributed by atoms with Crippen molar-refractivity contribution in [2.45, 2.75) is 51.7 Å². The monoisotopic (exact) mass is 239 g/mol. The van der Waals surface area contributed by atoms with Crippen LogP contribution in [0.2, 0.25) is 0 Å². The fourth-order valence-corrected chi connectivity index (χ4v) is 2.15. The van der Waals surface area contributed by atoms with Gasteiger partial charge in [-0.2, -0.15) is 4.98 Å². The maximum atomic E-state index is 9.51. The van der Waals surface area contributed by atoms with Gasteiger partial charge < -0.3 is 9.63 Å². The summed E-state index contributed by atoms with van der Waals surface area (Å²) in [5.41, 5.74) is 0. The van der Waals surface area contributed by atoms with Gasteiger partial charge in [0.15, 0.2) is 5.82 Å². The van der Waals surface area contributed by atoms with Gasteiger partial charge in [0.05, 0.1) is 12.1 Å². The molecule has 1 aliphatic rings. The molecular formula is C12H21N3O2. The van der Waals surface area contributed by atoms with Gasteiger partial charge >= 0.3 is 0 Å². The Labute approximate surface area is 102 Å². The van der Waals surface area contributed by atoms with Gasteiger partial charge in [0.25, 0.3) is 0 Å². The molecule has 0 radical (unpaired) electrons. The van der Waals surface area contributed by atoms with Gasteiger partial charge in [-0.15, -0.1) is 0 Å². The number of aliphatic hydroxyl groups is 1. The lowest BCUT2D eigenvalue weighted by atomic mass is 10.2. The van der Waals surface area contributed by atoms with E-state index in [9.17, 15) is 5.11 Å². The Morgan fingerprint density at radius 2 is 2.41 bits per heavy atom. The van der Waals surface area contributed by atoms with Crippen molar-refractivity contribution in [2.24, 2.45) is 0 Å².